The van der Waals surface area contributed by atoms with Crippen molar-refractivity contribution < 1.29 is 22.7 Å². The lowest BCUT2D eigenvalue weighted by Gasteiger charge is -2.22. The molecule has 0 saturated heterocycles. The van der Waals surface area contributed by atoms with Crippen LogP contribution >= 0.6 is 0 Å². The maximum absolute atomic E-state index is 13.3. The maximum Gasteiger partial charge on any atom is 0.390 e. The lowest BCUT2D eigenvalue weighted by atomic mass is 10.1. The molecule has 0 fully saturated rings. The normalized spacial score (nSPS) is 11.6. The first-order valence-electron chi connectivity index (χ1n) is 5.01. The summed E-state index contributed by atoms with van der Waals surface area (Å²) >= 11 is 0. The van der Waals surface area contributed by atoms with E-state index in [4.69, 9.17) is 5.11 Å². The van der Waals surface area contributed by atoms with Crippen LogP contribution in [0.2, 0.25) is 0 Å². The number of halogens is 4. The van der Waals surface area contributed by atoms with Gasteiger partial charge in [0.15, 0.2) is 0 Å². The van der Waals surface area contributed by atoms with Crippen LogP contribution in [0.25, 0.3) is 0 Å². The molecule has 96 valence electrons. The minimum absolute atomic E-state index is 0.0113. The van der Waals surface area contributed by atoms with Crippen LogP contribution in [0.5, 0.6) is 0 Å². The lowest BCUT2D eigenvalue weighted by Crippen LogP contribution is -2.25. The summed E-state index contributed by atoms with van der Waals surface area (Å²) in [7, 11) is 1.43. The zero-order chi connectivity index (χ0) is 13.1. The van der Waals surface area contributed by atoms with Crippen molar-refractivity contribution in [1.29, 1.82) is 0 Å². The second-order valence-electron chi connectivity index (χ2n) is 3.68. The summed E-state index contributed by atoms with van der Waals surface area (Å²) in [5, 5.41) is 8.99. The highest BCUT2D eigenvalue weighted by Crippen LogP contribution is 2.25. The lowest BCUT2D eigenvalue weighted by molar-refractivity contribution is -0.132. The summed E-state index contributed by atoms with van der Waals surface area (Å²) in [5.41, 5.74) is 0.286. The van der Waals surface area contributed by atoms with E-state index in [1.54, 1.807) is 0 Å². The average Bonchev–Trinajstić information content (AvgIpc) is 2.24. The predicted molar refractivity (Wildman–Crippen MR) is 56.3 cm³/mol. The molecule has 6 heteroatoms. The SMILES string of the molecule is CN(CCC(F)(F)F)c1cccc(F)c1CO. The van der Waals surface area contributed by atoms with E-state index in [2.05, 4.69) is 0 Å². The monoisotopic (exact) mass is 251 g/mol. The van der Waals surface area contributed by atoms with E-state index >= 15 is 0 Å². The van der Waals surface area contributed by atoms with Crippen molar-refractivity contribution >= 4 is 5.69 Å². The predicted octanol–water partition coefficient (Wildman–Crippen LogP) is 2.71. The van der Waals surface area contributed by atoms with E-state index in [0.717, 1.165) is 6.07 Å². The Kier molecular flexibility index (Phi) is 4.34. The van der Waals surface area contributed by atoms with Crippen LogP contribution in [0.4, 0.5) is 23.2 Å². The molecule has 0 spiro atoms. The van der Waals surface area contributed by atoms with Crippen molar-refractivity contribution in [2.24, 2.45) is 0 Å². The fourth-order valence-corrected chi connectivity index (χ4v) is 1.48. The first-order chi connectivity index (χ1) is 7.85. The van der Waals surface area contributed by atoms with Crippen LogP contribution in [-0.4, -0.2) is 24.9 Å². The van der Waals surface area contributed by atoms with Crippen LogP contribution < -0.4 is 4.90 Å². The highest BCUT2D eigenvalue weighted by Gasteiger charge is 2.27. The Morgan fingerprint density at radius 1 is 1.29 bits per heavy atom. The van der Waals surface area contributed by atoms with Crippen LogP contribution in [0.3, 0.4) is 0 Å². The Hall–Kier alpha value is -1.30. The zero-order valence-corrected chi connectivity index (χ0v) is 9.26. The van der Waals surface area contributed by atoms with Gasteiger partial charge >= 0.3 is 6.18 Å². The Balaban J connectivity index is 2.82. The summed E-state index contributed by atoms with van der Waals surface area (Å²) in [6.45, 7) is -0.821. The van der Waals surface area contributed by atoms with Crippen molar-refractivity contribution in [2.45, 2.75) is 19.2 Å². The molecule has 1 aromatic carbocycles. The summed E-state index contributed by atoms with van der Waals surface area (Å²) in [6, 6.07) is 4.03. The number of benzene rings is 1. The van der Waals surface area contributed by atoms with Crippen molar-refractivity contribution in [3.8, 4) is 0 Å². The van der Waals surface area contributed by atoms with Gasteiger partial charge in [0.1, 0.15) is 5.82 Å². The van der Waals surface area contributed by atoms with Gasteiger partial charge in [0.05, 0.1) is 13.0 Å². The highest BCUT2D eigenvalue weighted by molar-refractivity contribution is 5.53. The fraction of sp³-hybridized carbons (Fsp3) is 0.455. The van der Waals surface area contributed by atoms with Gasteiger partial charge in [-0.1, -0.05) is 6.07 Å². The average molecular weight is 251 g/mol. The topological polar surface area (TPSA) is 23.5 Å². The van der Waals surface area contributed by atoms with Crippen molar-refractivity contribution in [2.75, 3.05) is 18.5 Å². The number of alkyl halides is 3. The molecule has 0 aromatic heterocycles. The molecular formula is C11H13F4NO. The molecule has 0 aliphatic heterocycles. The van der Waals surface area contributed by atoms with Gasteiger partial charge in [0, 0.05) is 24.8 Å². The summed E-state index contributed by atoms with van der Waals surface area (Å²) in [4.78, 5) is 1.28. The Morgan fingerprint density at radius 3 is 2.47 bits per heavy atom. The molecule has 0 bridgehead atoms. The quantitative estimate of drug-likeness (QED) is 0.832. The Morgan fingerprint density at radius 2 is 1.94 bits per heavy atom. The van der Waals surface area contributed by atoms with Crippen molar-refractivity contribution in [3.63, 3.8) is 0 Å². The van der Waals surface area contributed by atoms with E-state index in [-0.39, 0.29) is 17.8 Å². The number of aliphatic hydroxyl groups is 1. The molecular weight excluding hydrogens is 238 g/mol. The summed E-state index contributed by atoms with van der Waals surface area (Å²) in [5.74, 6) is -0.621. The molecule has 2 nitrogen and oxygen atoms in total. The number of aliphatic hydroxyl groups excluding tert-OH is 1. The van der Waals surface area contributed by atoms with E-state index in [1.807, 2.05) is 0 Å². The number of hydrogen-bond acceptors (Lipinski definition) is 2. The third kappa shape index (κ3) is 3.89. The molecule has 0 radical (unpaired) electrons. The first-order valence-corrected chi connectivity index (χ1v) is 5.01. The molecule has 0 saturated carbocycles. The molecule has 0 amide bonds. The van der Waals surface area contributed by atoms with E-state index in [9.17, 15) is 17.6 Å². The third-order valence-corrected chi connectivity index (χ3v) is 2.39. The van der Waals surface area contributed by atoms with E-state index in [0.29, 0.717) is 0 Å². The second-order valence-corrected chi connectivity index (χ2v) is 3.68. The molecule has 1 rings (SSSR count). The molecule has 0 aliphatic carbocycles. The smallest absolute Gasteiger partial charge is 0.390 e. The van der Waals surface area contributed by atoms with Gasteiger partial charge in [-0.05, 0) is 12.1 Å². The number of anilines is 1. The Labute approximate surface area is 96.5 Å². The summed E-state index contributed by atoms with van der Waals surface area (Å²) < 4.78 is 49.4. The van der Waals surface area contributed by atoms with E-state index < -0.39 is 25.0 Å². The van der Waals surface area contributed by atoms with Gasteiger partial charge < -0.3 is 10.0 Å². The van der Waals surface area contributed by atoms with Gasteiger partial charge in [-0.2, -0.15) is 13.2 Å². The van der Waals surface area contributed by atoms with Gasteiger partial charge in [-0.25, -0.2) is 4.39 Å². The Bertz CT molecular complexity index is 378. The van der Waals surface area contributed by atoms with Crippen LogP contribution in [-0.2, 0) is 6.61 Å². The molecule has 1 aromatic rings. The van der Waals surface area contributed by atoms with Crippen LogP contribution in [0.15, 0.2) is 18.2 Å². The van der Waals surface area contributed by atoms with Gasteiger partial charge in [0.25, 0.3) is 0 Å². The van der Waals surface area contributed by atoms with Crippen LogP contribution in [0, 0.1) is 5.82 Å². The molecule has 0 heterocycles. The molecule has 1 N–H and O–H groups in total. The third-order valence-electron chi connectivity index (χ3n) is 2.39. The van der Waals surface area contributed by atoms with Crippen LogP contribution in [0.1, 0.15) is 12.0 Å². The summed E-state index contributed by atoms with van der Waals surface area (Å²) in [6.07, 6.45) is -5.23. The fourth-order valence-electron chi connectivity index (χ4n) is 1.48. The van der Waals surface area contributed by atoms with Gasteiger partial charge in [-0.3, -0.25) is 0 Å². The maximum atomic E-state index is 13.3. The van der Waals surface area contributed by atoms with Gasteiger partial charge in [-0.15, -0.1) is 0 Å². The van der Waals surface area contributed by atoms with Crippen molar-refractivity contribution in [3.05, 3.63) is 29.6 Å². The first kappa shape index (κ1) is 13.8. The highest BCUT2D eigenvalue weighted by atomic mass is 19.4. The molecule has 0 unspecified atom stereocenters. The number of hydrogen-bond donors (Lipinski definition) is 1. The minimum Gasteiger partial charge on any atom is -0.391 e. The largest absolute Gasteiger partial charge is 0.391 e. The van der Waals surface area contributed by atoms with Crippen molar-refractivity contribution in [1.82, 2.24) is 0 Å². The van der Waals surface area contributed by atoms with Gasteiger partial charge in [0.2, 0.25) is 0 Å². The minimum atomic E-state index is -4.25. The standard InChI is InChI=1S/C11H13F4NO/c1-16(6-5-11(13,14)15)10-4-2-3-9(12)8(10)7-17/h2-4,17H,5-7H2,1H3. The number of nitrogens with zero attached hydrogens (tertiary/aromatic N) is 1. The second kappa shape index (κ2) is 5.35. The zero-order valence-electron chi connectivity index (χ0n) is 9.26. The molecule has 0 atom stereocenters. The number of rotatable bonds is 4. The molecule has 17 heavy (non-hydrogen) atoms. The van der Waals surface area contributed by atoms with E-state index in [1.165, 1.54) is 24.1 Å². The molecule has 0 aliphatic rings.